The maximum Gasteiger partial charge on any atom is 0.330 e. The van der Waals surface area contributed by atoms with E-state index in [2.05, 4.69) is 0 Å². The molecule has 10 nitrogen and oxygen atoms in total. The Balaban J connectivity index is 2.78. The number of aliphatic hydroxyl groups is 3. The van der Waals surface area contributed by atoms with Crippen molar-refractivity contribution in [1.29, 1.82) is 0 Å². The van der Waals surface area contributed by atoms with Gasteiger partial charge in [0.15, 0.2) is 23.4 Å². The van der Waals surface area contributed by atoms with Crippen LogP contribution in [0, 0.1) is 6.92 Å². The average molecular weight is 342 g/mol. The lowest BCUT2D eigenvalue weighted by Crippen LogP contribution is -2.66. The highest BCUT2D eigenvalue weighted by Crippen LogP contribution is 2.46. The lowest BCUT2D eigenvalue weighted by Gasteiger charge is -2.36. The van der Waals surface area contributed by atoms with Crippen LogP contribution in [0.1, 0.15) is 25.6 Å². The molecule has 0 amide bonds. The van der Waals surface area contributed by atoms with Gasteiger partial charge in [0.1, 0.15) is 6.10 Å². The molecule has 2 heterocycles. The highest BCUT2D eigenvalue weighted by atomic mass is 16.6. The van der Waals surface area contributed by atoms with E-state index in [1.807, 2.05) is 4.98 Å². The normalized spacial score (nSPS) is 32.8. The summed E-state index contributed by atoms with van der Waals surface area (Å²) in [7, 11) is 0. The van der Waals surface area contributed by atoms with Gasteiger partial charge in [-0.15, -0.1) is 0 Å². The lowest BCUT2D eigenvalue weighted by molar-refractivity contribution is -0.181. The summed E-state index contributed by atoms with van der Waals surface area (Å²) in [5.74, 6) is -2.06. The van der Waals surface area contributed by atoms with Gasteiger partial charge in [-0.25, -0.2) is 4.79 Å². The van der Waals surface area contributed by atoms with Crippen molar-refractivity contribution in [3.63, 3.8) is 0 Å². The molecule has 0 aliphatic carbocycles. The van der Waals surface area contributed by atoms with Crippen LogP contribution in [-0.2, 0) is 14.3 Å². The summed E-state index contributed by atoms with van der Waals surface area (Å²) in [5, 5.41) is 30.9. The number of ketones is 2. The maximum atomic E-state index is 12.1. The molecule has 1 fully saturated rings. The minimum absolute atomic E-state index is 0.0721. The molecule has 0 unspecified atom stereocenters. The maximum absolute atomic E-state index is 12.1. The first-order valence-corrected chi connectivity index (χ1v) is 7.07. The van der Waals surface area contributed by atoms with Crippen molar-refractivity contribution in [2.45, 2.75) is 44.3 Å². The van der Waals surface area contributed by atoms with Gasteiger partial charge in [-0.1, -0.05) is 0 Å². The fourth-order valence-corrected chi connectivity index (χ4v) is 2.93. The van der Waals surface area contributed by atoms with E-state index in [0.717, 1.165) is 20.0 Å². The fourth-order valence-electron chi connectivity index (χ4n) is 2.93. The zero-order valence-electron chi connectivity index (χ0n) is 13.3. The molecule has 0 bridgehead atoms. The second-order valence-electron chi connectivity index (χ2n) is 5.78. The number of carbonyl (C=O) groups is 2. The van der Waals surface area contributed by atoms with E-state index in [4.69, 9.17) is 4.74 Å². The first-order valence-electron chi connectivity index (χ1n) is 7.07. The topological polar surface area (TPSA) is 159 Å². The fraction of sp³-hybridized carbons (Fsp3) is 0.571. The molecular weight excluding hydrogens is 324 g/mol. The van der Waals surface area contributed by atoms with Crippen LogP contribution >= 0.6 is 0 Å². The van der Waals surface area contributed by atoms with Crippen LogP contribution in [0.5, 0.6) is 0 Å². The summed E-state index contributed by atoms with van der Waals surface area (Å²) in [6.07, 6.45) is -2.43. The van der Waals surface area contributed by atoms with Gasteiger partial charge in [-0.05, 0) is 20.8 Å². The monoisotopic (exact) mass is 342 g/mol. The first kappa shape index (κ1) is 18.2. The Hall–Kier alpha value is -2.14. The van der Waals surface area contributed by atoms with E-state index in [0.29, 0.717) is 4.57 Å². The van der Waals surface area contributed by atoms with Crippen LogP contribution in [0.3, 0.4) is 0 Å². The zero-order chi connectivity index (χ0) is 18.4. The molecule has 0 spiro atoms. The lowest BCUT2D eigenvalue weighted by atomic mass is 9.75. The van der Waals surface area contributed by atoms with Crippen LogP contribution in [0.15, 0.2) is 15.8 Å². The number of ether oxygens (including phenoxy) is 1. The van der Waals surface area contributed by atoms with Crippen molar-refractivity contribution < 1.29 is 29.6 Å². The Morgan fingerprint density at radius 3 is 2.25 bits per heavy atom. The molecule has 24 heavy (non-hydrogen) atoms. The number of H-pyrrole nitrogens is 1. The molecule has 1 aromatic rings. The zero-order valence-corrected chi connectivity index (χ0v) is 13.3. The van der Waals surface area contributed by atoms with Gasteiger partial charge in [0.2, 0.25) is 5.60 Å². The van der Waals surface area contributed by atoms with Gasteiger partial charge in [-0.3, -0.25) is 23.9 Å². The molecule has 4 atom stereocenters. The largest absolute Gasteiger partial charge is 0.394 e. The van der Waals surface area contributed by atoms with Crippen molar-refractivity contribution >= 4 is 11.6 Å². The summed E-state index contributed by atoms with van der Waals surface area (Å²) in [6.45, 7) is 2.31. The Morgan fingerprint density at radius 1 is 1.25 bits per heavy atom. The molecule has 1 aliphatic rings. The van der Waals surface area contributed by atoms with Crippen LogP contribution in [-0.4, -0.2) is 60.4 Å². The second kappa shape index (κ2) is 5.74. The van der Waals surface area contributed by atoms with Gasteiger partial charge in [0, 0.05) is 11.8 Å². The summed E-state index contributed by atoms with van der Waals surface area (Å²) < 4.78 is 5.97. The summed E-state index contributed by atoms with van der Waals surface area (Å²) in [6, 6.07) is 0. The predicted molar refractivity (Wildman–Crippen MR) is 78.3 cm³/mol. The van der Waals surface area contributed by atoms with Gasteiger partial charge < -0.3 is 20.1 Å². The number of nitrogens with one attached hydrogen (secondary N) is 1. The van der Waals surface area contributed by atoms with Gasteiger partial charge in [0.25, 0.3) is 5.56 Å². The minimum atomic E-state index is -2.83. The van der Waals surface area contributed by atoms with Crippen molar-refractivity contribution in [3.8, 4) is 0 Å². The number of aromatic amines is 1. The number of nitrogens with zero attached hydrogens (tertiary/aromatic N) is 1. The van der Waals surface area contributed by atoms with Crippen LogP contribution in [0.2, 0.25) is 0 Å². The summed E-state index contributed by atoms with van der Waals surface area (Å²) in [4.78, 5) is 49.5. The number of Topliss-reactive ketones (excluding diaryl/α,β-unsaturated/α-hetero) is 2. The third-order valence-electron chi connectivity index (χ3n) is 4.34. The number of carbonyl (C=O) groups excluding carboxylic acids is 2. The number of hydrogen-bond donors (Lipinski definition) is 4. The molecule has 10 heteroatoms. The standard InChI is InChI=1S/C14H18N2O8/c1-6-4-16(12(21)15-10(6)20)11-14(23,8(3)19)13(22,7(2)18)9(5-17)24-11/h4,9,11,17,22-23H,5H2,1-3H3,(H,15,20,21)/t9-,11-,13-,14+/m1/s1. The van der Waals surface area contributed by atoms with E-state index >= 15 is 0 Å². The van der Waals surface area contributed by atoms with Crippen LogP contribution in [0.25, 0.3) is 0 Å². The molecule has 4 N–H and O–H groups in total. The van der Waals surface area contributed by atoms with Gasteiger partial charge >= 0.3 is 5.69 Å². The van der Waals surface area contributed by atoms with E-state index in [-0.39, 0.29) is 5.56 Å². The van der Waals surface area contributed by atoms with Crippen molar-refractivity contribution in [1.82, 2.24) is 9.55 Å². The molecule has 1 aromatic heterocycles. The van der Waals surface area contributed by atoms with Gasteiger partial charge in [0.05, 0.1) is 6.61 Å². The first-order chi connectivity index (χ1) is 11.0. The Bertz CT molecular complexity index is 812. The molecule has 0 saturated carbocycles. The molecule has 1 aliphatic heterocycles. The average Bonchev–Trinajstić information content (AvgIpc) is 2.74. The Morgan fingerprint density at radius 2 is 1.79 bits per heavy atom. The van der Waals surface area contributed by atoms with E-state index in [1.54, 1.807) is 0 Å². The number of aliphatic hydroxyl groups excluding tert-OH is 1. The highest BCUT2D eigenvalue weighted by molar-refractivity contribution is 5.98. The van der Waals surface area contributed by atoms with Gasteiger partial charge in [-0.2, -0.15) is 0 Å². The molecule has 132 valence electrons. The summed E-state index contributed by atoms with van der Waals surface area (Å²) >= 11 is 0. The quantitative estimate of drug-likeness (QED) is 0.462. The van der Waals surface area contributed by atoms with Crippen molar-refractivity contribution in [2.75, 3.05) is 6.61 Å². The highest BCUT2D eigenvalue weighted by Gasteiger charge is 2.71. The molecule has 2 rings (SSSR count). The Labute approximate surface area is 135 Å². The third kappa shape index (κ3) is 2.18. The van der Waals surface area contributed by atoms with Crippen molar-refractivity contribution in [2.24, 2.45) is 0 Å². The SMILES string of the molecule is CC(=O)[C@@]1(O)[C@@H](CO)O[C@@H](n2cc(C)c(=O)[nH]c2=O)[C@@]1(O)C(C)=O. The van der Waals surface area contributed by atoms with E-state index < -0.39 is 53.0 Å². The third-order valence-corrected chi connectivity index (χ3v) is 4.34. The second-order valence-corrected chi connectivity index (χ2v) is 5.78. The predicted octanol–water partition coefficient (Wildman–Crippen LogP) is -2.63. The smallest absolute Gasteiger partial charge is 0.330 e. The summed E-state index contributed by atoms with van der Waals surface area (Å²) in [5.41, 5.74) is -7.22. The van der Waals surface area contributed by atoms with Crippen LogP contribution < -0.4 is 11.2 Å². The van der Waals surface area contributed by atoms with Crippen LogP contribution in [0.4, 0.5) is 0 Å². The van der Waals surface area contributed by atoms with E-state index in [9.17, 15) is 34.5 Å². The molecule has 1 saturated heterocycles. The number of hydrogen-bond acceptors (Lipinski definition) is 8. The van der Waals surface area contributed by atoms with Crippen molar-refractivity contribution in [3.05, 3.63) is 32.6 Å². The Kier molecular flexibility index (Phi) is 4.35. The number of aryl methyl sites for hydroxylation is 1. The minimum Gasteiger partial charge on any atom is -0.394 e. The van der Waals surface area contributed by atoms with E-state index in [1.165, 1.54) is 6.92 Å². The number of aromatic nitrogens is 2. The molecule has 0 radical (unpaired) electrons. The molecular formula is C14H18N2O8. The number of rotatable bonds is 4. The molecule has 0 aromatic carbocycles.